The van der Waals surface area contributed by atoms with Gasteiger partial charge in [0.25, 0.3) is 0 Å². The van der Waals surface area contributed by atoms with E-state index in [4.69, 9.17) is 5.26 Å². The third-order valence-corrected chi connectivity index (χ3v) is 3.36. The van der Waals surface area contributed by atoms with Crippen molar-refractivity contribution in [2.24, 2.45) is 0 Å². The lowest BCUT2D eigenvalue weighted by Gasteiger charge is -2.11. The second-order valence-electron chi connectivity index (χ2n) is 3.20. The van der Waals surface area contributed by atoms with Gasteiger partial charge in [-0.15, -0.1) is 0 Å². The summed E-state index contributed by atoms with van der Waals surface area (Å²) in [6.45, 7) is 2.47. The molecule has 2 unspecified atom stereocenters. The van der Waals surface area contributed by atoms with Gasteiger partial charge in [0.1, 0.15) is 6.07 Å². The molecule has 0 saturated heterocycles. The van der Waals surface area contributed by atoms with Gasteiger partial charge in [-0.2, -0.15) is 5.26 Å². The van der Waals surface area contributed by atoms with Gasteiger partial charge in [-0.05, 0) is 19.1 Å². The lowest BCUT2D eigenvalue weighted by Crippen LogP contribution is -2.21. The van der Waals surface area contributed by atoms with E-state index < -0.39 is 10.8 Å². The van der Waals surface area contributed by atoms with E-state index >= 15 is 0 Å². The summed E-state index contributed by atoms with van der Waals surface area (Å²) in [6.07, 6.45) is 3.24. The van der Waals surface area contributed by atoms with Crippen LogP contribution in [0.2, 0.25) is 0 Å². The Labute approximate surface area is 91.8 Å². The molecule has 0 aromatic carbocycles. The van der Waals surface area contributed by atoms with Crippen LogP contribution in [0.5, 0.6) is 0 Å². The minimum Gasteiger partial charge on any atom is -0.381 e. The van der Waals surface area contributed by atoms with E-state index in [-0.39, 0.29) is 5.25 Å². The molecule has 0 spiro atoms. The second-order valence-corrected chi connectivity index (χ2v) is 5.00. The zero-order valence-corrected chi connectivity index (χ0v) is 9.54. The summed E-state index contributed by atoms with van der Waals surface area (Å²) in [5.41, 5.74) is 1.06. The van der Waals surface area contributed by atoms with E-state index in [0.29, 0.717) is 17.9 Å². The summed E-state index contributed by atoms with van der Waals surface area (Å²) in [6, 6.07) is 5.55. The van der Waals surface area contributed by atoms with Crippen molar-refractivity contribution >= 4 is 16.5 Å². The van der Waals surface area contributed by atoms with Crippen LogP contribution in [0.15, 0.2) is 18.3 Å². The van der Waals surface area contributed by atoms with E-state index in [1.165, 1.54) is 0 Å². The van der Waals surface area contributed by atoms with Crippen molar-refractivity contribution in [3.05, 3.63) is 24.0 Å². The predicted molar refractivity (Wildman–Crippen MR) is 61.0 cm³/mol. The zero-order valence-electron chi connectivity index (χ0n) is 8.73. The third-order valence-electron chi connectivity index (χ3n) is 2.06. The summed E-state index contributed by atoms with van der Waals surface area (Å²) in [7, 11) is -0.858. The van der Waals surface area contributed by atoms with E-state index in [2.05, 4.69) is 10.3 Å². The van der Waals surface area contributed by atoms with Gasteiger partial charge in [0.05, 0.1) is 5.69 Å². The number of pyridine rings is 1. The van der Waals surface area contributed by atoms with Crippen LogP contribution in [0.25, 0.3) is 0 Å². The van der Waals surface area contributed by atoms with E-state index in [1.54, 1.807) is 24.6 Å². The van der Waals surface area contributed by atoms with Gasteiger partial charge in [-0.25, -0.2) is 4.98 Å². The van der Waals surface area contributed by atoms with Crippen LogP contribution in [0.1, 0.15) is 12.6 Å². The molecule has 1 aromatic rings. The molecule has 0 amide bonds. The maximum absolute atomic E-state index is 11.1. The number of nitrogens with one attached hydrogen (secondary N) is 1. The van der Waals surface area contributed by atoms with E-state index in [1.807, 2.05) is 13.0 Å². The SMILES string of the molecule is CC(CNc1cccnc1C#N)S(C)=O. The number of nitriles is 1. The molecule has 15 heavy (non-hydrogen) atoms. The molecule has 1 aromatic heterocycles. The predicted octanol–water partition coefficient (Wildman–Crippen LogP) is 1.13. The van der Waals surface area contributed by atoms with Crippen LogP contribution in [0.4, 0.5) is 5.69 Å². The fourth-order valence-electron chi connectivity index (χ4n) is 1.01. The summed E-state index contributed by atoms with van der Waals surface area (Å²) in [5, 5.41) is 11.9. The number of rotatable bonds is 4. The molecule has 0 aliphatic carbocycles. The fraction of sp³-hybridized carbons (Fsp3) is 0.400. The van der Waals surface area contributed by atoms with Gasteiger partial charge in [0, 0.05) is 35.0 Å². The summed E-state index contributed by atoms with van der Waals surface area (Å²) >= 11 is 0. The number of hydrogen-bond acceptors (Lipinski definition) is 4. The van der Waals surface area contributed by atoms with Crippen LogP contribution in [-0.2, 0) is 10.8 Å². The molecule has 0 fully saturated rings. The Morgan fingerprint density at radius 2 is 2.47 bits per heavy atom. The number of aromatic nitrogens is 1. The van der Waals surface area contributed by atoms with Crippen molar-refractivity contribution < 1.29 is 4.21 Å². The molecular formula is C10H13N3OS. The monoisotopic (exact) mass is 223 g/mol. The third kappa shape index (κ3) is 3.33. The molecule has 80 valence electrons. The Morgan fingerprint density at radius 3 is 3.07 bits per heavy atom. The zero-order chi connectivity index (χ0) is 11.3. The van der Waals surface area contributed by atoms with E-state index in [9.17, 15) is 4.21 Å². The lowest BCUT2D eigenvalue weighted by molar-refractivity contribution is 0.679. The van der Waals surface area contributed by atoms with Gasteiger partial charge in [0.2, 0.25) is 0 Å². The highest BCUT2D eigenvalue weighted by Crippen LogP contribution is 2.10. The normalized spacial score (nSPS) is 13.9. The molecule has 0 radical (unpaired) electrons. The molecule has 1 rings (SSSR count). The molecule has 1 heterocycles. The Balaban J connectivity index is 2.66. The maximum Gasteiger partial charge on any atom is 0.163 e. The quantitative estimate of drug-likeness (QED) is 0.831. The van der Waals surface area contributed by atoms with Gasteiger partial charge < -0.3 is 5.32 Å². The first-order valence-electron chi connectivity index (χ1n) is 4.56. The van der Waals surface area contributed by atoms with Crippen molar-refractivity contribution in [3.8, 4) is 6.07 Å². The maximum atomic E-state index is 11.1. The highest BCUT2D eigenvalue weighted by Gasteiger charge is 2.07. The minimum atomic E-state index is -0.858. The number of nitrogens with zero attached hydrogens (tertiary/aromatic N) is 2. The molecule has 0 bridgehead atoms. The number of hydrogen-bond donors (Lipinski definition) is 1. The van der Waals surface area contributed by atoms with Gasteiger partial charge in [-0.1, -0.05) is 0 Å². The van der Waals surface area contributed by atoms with Crippen molar-refractivity contribution in [2.75, 3.05) is 18.1 Å². The summed E-state index contributed by atoms with van der Waals surface area (Å²) in [4.78, 5) is 3.92. The average Bonchev–Trinajstić information content (AvgIpc) is 2.26. The first-order valence-corrected chi connectivity index (χ1v) is 6.18. The van der Waals surface area contributed by atoms with Crippen molar-refractivity contribution in [3.63, 3.8) is 0 Å². The van der Waals surface area contributed by atoms with Crippen LogP contribution in [0, 0.1) is 11.3 Å². The summed E-state index contributed by atoms with van der Waals surface area (Å²) < 4.78 is 11.1. The molecule has 0 aliphatic rings. The van der Waals surface area contributed by atoms with E-state index in [0.717, 1.165) is 0 Å². The Kier molecular flexibility index (Phi) is 4.25. The van der Waals surface area contributed by atoms with Crippen LogP contribution in [0.3, 0.4) is 0 Å². The summed E-state index contributed by atoms with van der Waals surface area (Å²) in [5.74, 6) is 0. The van der Waals surface area contributed by atoms with Crippen LogP contribution in [-0.4, -0.2) is 27.2 Å². The molecule has 0 saturated carbocycles. The Hall–Kier alpha value is -1.41. The molecular weight excluding hydrogens is 210 g/mol. The molecule has 5 heteroatoms. The standard InChI is InChI=1S/C10H13N3OS/c1-8(15(2)14)7-13-9-4-3-5-12-10(9)6-11/h3-5,8,13H,7H2,1-2H3. The topological polar surface area (TPSA) is 65.8 Å². The average molecular weight is 223 g/mol. The molecule has 4 nitrogen and oxygen atoms in total. The van der Waals surface area contributed by atoms with Crippen molar-refractivity contribution in [1.29, 1.82) is 5.26 Å². The van der Waals surface area contributed by atoms with Gasteiger partial charge in [-0.3, -0.25) is 4.21 Å². The number of anilines is 1. The minimum absolute atomic E-state index is 0.0525. The Morgan fingerprint density at radius 1 is 1.73 bits per heavy atom. The molecule has 0 aliphatic heterocycles. The highest BCUT2D eigenvalue weighted by molar-refractivity contribution is 7.84. The Bertz CT molecular complexity index is 400. The van der Waals surface area contributed by atoms with Gasteiger partial charge in [0.15, 0.2) is 5.69 Å². The largest absolute Gasteiger partial charge is 0.381 e. The second kappa shape index (κ2) is 5.47. The first-order chi connectivity index (χ1) is 7.15. The highest BCUT2D eigenvalue weighted by atomic mass is 32.2. The van der Waals surface area contributed by atoms with Crippen LogP contribution >= 0.6 is 0 Å². The molecule has 2 atom stereocenters. The van der Waals surface area contributed by atoms with Crippen molar-refractivity contribution in [2.45, 2.75) is 12.2 Å². The fourth-order valence-corrected chi connectivity index (χ4v) is 1.33. The molecule has 1 N–H and O–H groups in total. The van der Waals surface area contributed by atoms with Crippen molar-refractivity contribution in [1.82, 2.24) is 4.98 Å². The lowest BCUT2D eigenvalue weighted by atomic mass is 10.3. The van der Waals surface area contributed by atoms with Crippen LogP contribution < -0.4 is 5.32 Å². The van der Waals surface area contributed by atoms with Gasteiger partial charge >= 0.3 is 0 Å². The first kappa shape index (κ1) is 11.7. The smallest absolute Gasteiger partial charge is 0.163 e.